The Bertz CT molecular complexity index is 624. The van der Waals surface area contributed by atoms with Gasteiger partial charge in [0, 0.05) is 11.6 Å². The molecule has 0 bridgehead atoms. The van der Waals surface area contributed by atoms with E-state index in [4.69, 9.17) is 9.47 Å². The molecule has 0 fully saturated rings. The first-order valence-corrected chi connectivity index (χ1v) is 6.93. The Morgan fingerprint density at radius 2 is 2.14 bits per heavy atom. The second-order valence-electron chi connectivity index (χ2n) is 4.92. The van der Waals surface area contributed by atoms with E-state index in [1.807, 2.05) is 30.3 Å². The second-order valence-corrected chi connectivity index (χ2v) is 4.92. The van der Waals surface area contributed by atoms with Crippen molar-refractivity contribution < 1.29 is 14.3 Å². The number of likely N-dealkylation sites (N-methyl/N-ethyl adjacent to an activating group) is 1. The average Bonchev–Trinajstić information content (AvgIpc) is 2.52. The largest absolute Gasteiger partial charge is 0.490 e. The van der Waals surface area contributed by atoms with Crippen molar-refractivity contribution >= 4 is 16.9 Å². The summed E-state index contributed by atoms with van der Waals surface area (Å²) in [6.07, 6.45) is 1.74. The Hall–Kier alpha value is -2.14. The Kier molecular flexibility index (Phi) is 4.75. The number of aromatic nitrogens is 1. The summed E-state index contributed by atoms with van der Waals surface area (Å²) in [4.78, 5) is 16.3. The summed E-state index contributed by atoms with van der Waals surface area (Å²) in [5, 5.41) is 3.88. The molecule has 0 aliphatic rings. The number of benzene rings is 1. The molecule has 0 saturated carbocycles. The molecule has 112 valence electrons. The minimum atomic E-state index is -0.889. The number of fused-ring (bicyclic) bond motifs is 1. The van der Waals surface area contributed by atoms with Crippen molar-refractivity contribution in [3.63, 3.8) is 0 Å². The molecule has 5 heteroatoms. The third-order valence-corrected chi connectivity index (χ3v) is 3.40. The van der Waals surface area contributed by atoms with Crippen molar-refractivity contribution in [2.45, 2.75) is 19.4 Å². The zero-order valence-electron chi connectivity index (χ0n) is 12.6. The normalized spacial score (nSPS) is 13.7. The van der Waals surface area contributed by atoms with E-state index in [-0.39, 0.29) is 12.6 Å². The van der Waals surface area contributed by atoms with E-state index < -0.39 is 5.54 Å². The number of ether oxygens (including phenoxy) is 2. The van der Waals surface area contributed by atoms with E-state index in [0.717, 1.165) is 10.9 Å². The quantitative estimate of drug-likeness (QED) is 0.825. The zero-order valence-corrected chi connectivity index (χ0v) is 12.6. The van der Waals surface area contributed by atoms with Crippen LogP contribution in [0.3, 0.4) is 0 Å². The molecule has 2 rings (SSSR count). The van der Waals surface area contributed by atoms with Gasteiger partial charge in [0.15, 0.2) is 0 Å². The fourth-order valence-electron chi connectivity index (χ4n) is 1.95. The van der Waals surface area contributed by atoms with Crippen LogP contribution >= 0.6 is 0 Å². The lowest BCUT2D eigenvalue weighted by atomic mass is 10.0. The van der Waals surface area contributed by atoms with E-state index in [2.05, 4.69) is 10.3 Å². The molecule has 0 radical (unpaired) electrons. The van der Waals surface area contributed by atoms with Crippen molar-refractivity contribution in [3.05, 3.63) is 36.5 Å². The third-order valence-electron chi connectivity index (χ3n) is 3.40. The number of hydrogen-bond acceptors (Lipinski definition) is 5. The summed E-state index contributed by atoms with van der Waals surface area (Å²) < 4.78 is 10.9. The van der Waals surface area contributed by atoms with E-state index in [1.54, 1.807) is 27.1 Å². The molecule has 1 atom stereocenters. The van der Waals surface area contributed by atoms with Crippen LogP contribution in [0, 0.1) is 0 Å². The van der Waals surface area contributed by atoms with Gasteiger partial charge in [-0.2, -0.15) is 0 Å². The smallest absolute Gasteiger partial charge is 0.329 e. The van der Waals surface area contributed by atoms with Gasteiger partial charge in [-0.1, -0.05) is 6.07 Å². The SMILES string of the molecule is CCOC(=O)C(C)(COc1cccc2ncccc12)NC. The number of nitrogens with one attached hydrogen (secondary N) is 1. The highest BCUT2D eigenvalue weighted by atomic mass is 16.5. The van der Waals surface area contributed by atoms with Gasteiger partial charge in [-0.05, 0) is 45.2 Å². The molecule has 0 aliphatic carbocycles. The molecule has 0 aliphatic heterocycles. The number of esters is 1. The minimum Gasteiger partial charge on any atom is -0.490 e. The first-order valence-electron chi connectivity index (χ1n) is 6.93. The number of nitrogens with zero attached hydrogens (tertiary/aromatic N) is 1. The highest BCUT2D eigenvalue weighted by molar-refractivity contribution is 5.85. The molecule has 1 aromatic heterocycles. The maximum absolute atomic E-state index is 12.0. The first-order chi connectivity index (χ1) is 10.1. The summed E-state index contributed by atoms with van der Waals surface area (Å²) in [6, 6.07) is 9.47. The zero-order chi connectivity index (χ0) is 15.3. The number of pyridine rings is 1. The fraction of sp³-hybridized carbons (Fsp3) is 0.375. The van der Waals surface area contributed by atoms with Crippen molar-refractivity contribution in [1.82, 2.24) is 10.3 Å². The highest BCUT2D eigenvalue weighted by Gasteiger charge is 2.34. The summed E-state index contributed by atoms with van der Waals surface area (Å²) >= 11 is 0. The van der Waals surface area contributed by atoms with Gasteiger partial charge in [0.05, 0.1) is 12.1 Å². The Balaban J connectivity index is 2.19. The van der Waals surface area contributed by atoms with Gasteiger partial charge in [-0.3, -0.25) is 4.98 Å². The van der Waals surface area contributed by atoms with Crippen LogP contribution in [0.15, 0.2) is 36.5 Å². The molecule has 1 aromatic carbocycles. The number of rotatable bonds is 6. The third kappa shape index (κ3) is 3.31. The molecular formula is C16H20N2O3. The van der Waals surface area contributed by atoms with E-state index in [1.165, 1.54) is 0 Å². The van der Waals surface area contributed by atoms with E-state index >= 15 is 0 Å². The second kappa shape index (κ2) is 6.54. The maximum atomic E-state index is 12.0. The van der Waals surface area contributed by atoms with Crippen molar-refractivity contribution in [2.24, 2.45) is 0 Å². The standard InChI is InChI=1S/C16H20N2O3/c1-4-20-15(19)16(2,17-3)11-21-14-9-5-8-13-12(14)7-6-10-18-13/h5-10,17H,4,11H2,1-3H3. The van der Waals surface area contributed by atoms with Crippen LogP contribution in [0.4, 0.5) is 0 Å². The molecule has 1 unspecified atom stereocenters. The van der Waals surface area contributed by atoms with Crippen LogP contribution < -0.4 is 10.1 Å². The van der Waals surface area contributed by atoms with Gasteiger partial charge in [-0.25, -0.2) is 4.79 Å². The monoisotopic (exact) mass is 288 g/mol. The average molecular weight is 288 g/mol. The van der Waals surface area contributed by atoms with Gasteiger partial charge in [0.1, 0.15) is 17.9 Å². The maximum Gasteiger partial charge on any atom is 0.329 e. The Morgan fingerprint density at radius 3 is 2.86 bits per heavy atom. The summed E-state index contributed by atoms with van der Waals surface area (Å²) in [7, 11) is 1.71. The van der Waals surface area contributed by atoms with Gasteiger partial charge in [-0.15, -0.1) is 0 Å². The van der Waals surface area contributed by atoms with Gasteiger partial charge in [0.25, 0.3) is 0 Å². The van der Waals surface area contributed by atoms with Crippen molar-refractivity contribution in [1.29, 1.82) is 0 Å². The number of hydrogen-bond donors (Lipinski definition) is 1. The van der Waals surface area contributed by atoms with Crippen LogP contribution in [0.5, 0.6) is 5.75 Å². The molecule has 0 saturated heterocycles. The van der Waals surface area contributed by atoms with Gasteiger partial charge < -0.3 is 14.8 Å². The molecule has 21 heavy (non-hydrogen) atoms. The predicted molar refractivity (Wildman–Crippen MR) is 81.3 cm³/mol. The summed E-state index contributed by atoms with van der Waals surface area (Å²) in [6.45, 7) is 4.06. The lowest BCUT2D eigenvalue weighted by Crippen LogP contribution is -2.53. The van der Waals surface area contributed by atoms with E-state index in [0.29, 0.717) is 12.4 Å². The first kappa shape index (κ1) is 15.3. The summed E-state index contributed by atoms with van der Waals surface area (Å²) in [5.74, 6) is 0.372. The van der Waals surface area contributed by atoms with Gasteiger partial charge >= 0.3 is 5.97 Å². The Labute approximate surface area is 124 Å². The van der Waals surface area contributed by atoms with Crippen molar-refractivity contribution in [2.75, 3.05) is 20.3 Å². The molecular weight excluding hydrogens is 268 g/mol. The fourth-order valence-corrected chi connectivity index (χ4v) is 1.95. The van der Waals surface area contributed by atoms with Crippen LogP contribution in [-0.2, 0) is 9.53 Å². The molecule has 1 heterocycles. The van der Waals surface area contributed by atoms with Crippen LogP contribution in [0.1, 0.15) is 13.8 Å². The van der Waals surface area contributed by atoms with Gasteiger partial charge in [0.2, 0.25) is 0 Å². The number of carbonyl (C=O) groups excluding carboxylic acids is 1. The highest BCUT2D eigenvalue weighted by Crippen LogP contribution is 2.24. The van der Waals surface area contributed by atoms with Crippen LogP contribution in [0.25, 0.3) is 10.9 Å². The minimum absolute atomic E-state index is 0.177. The lowest BCUT2D eigenvalue weighted by molar-refractivity contribution is -0.151. The molecule has 1 N–H and O–H groups in total. The van der Waals surface area contributed by atoms with Crippen LogP contribution in [-0.4, -0.2) is 36.8 Å². The van der Waals surface area contributed by atoms with Crippen LogP contribution in [0.2, 0.25) is 0 Å². The molecule has 0 amide bonds. The topological polar surface area (TPSA) is 60.5 Å². The predicted octanol–water partition coefficient (Wildman–Crippen LogP) is 2.15. The molecule has 0 spiro atoms. The lowest BCUT2D eigenvalue weighted by Gasteiger charge is -2.26. The molecule has 5 nitrogen and oxygen atoms in total. The molecule has 2 aromatic rings. The van der Waals surface area contributed by atoms with E-state index in [9.17, 15) is 4.79 Å². The summed E-state index contributed by atoms with van der Waals surface area (Å²) in [5.41, 5.74) is -0.0299. The Morgan fingerprint density at radius 1 is 1.33 bits per heavy atom. The van der Waals surface area contributed by atoms with Crippen molar-refractivity contribution in [3.8, 4) is 5.75 Å². The number of carbonyl (C=O) groups is 1.